The van der Waals surface area contributed by atoms with Gasteiger partial charge in [0.25, 0.3) is 0 Å². The molecule has 0 bridgehead atoms. The maximum atomic E-state index is 2.59. The van der Waals surface area contributed by atoms with Crippen molar-refractivity contribution < 1.29 is 0 Å². The van der Waals surface area contributed by atoms with Gasteiger partial charge in [-0.05, 0) is 39.5 Å². The van der Waals surface area contributed by atoms with E-state index in [0.29, 0.717) is 12.1 Å². The largest absolute Gasteiger partial charge is 0.300 e. The average molecular weight is 214 g/mol. The van der Waals surface area contributed by atoms with E-state index in [1.165, 1.54) is 19.5 Å². The SMILES string of the molecule is CCC(C(C)N(CC)CC)N(CC)CC. The van der Waals surface area contributed by atoms with Crippen LogP contribution in [0.3, 0.4) is 0 Å². The summed E-state index contributed by atoms with van der Waals surface area (Å²) in [5, 5.41) is 0. The summed E-state index contributed by atoms with van der Waals surface area (Å²) in [4.78, 5) is 5.15. The molecule has 0 rings (SSSR count). The summed E-state index contributed by atoms with van der Waals surface area (Å²) < 4.78 is 0. The summed E-state index contributed by atoms with van der Waals surface area (Å²) in [5.41, 5.74) is 0. The Morgan fingerprint density at radius 3 is 1.40 bits per heavy atom. The molecule has 0 saturated heterocycles. The number of nitrogens with zero attached hydrogens (tertiary/aromatic N) is 2. The van der Waals surface area contributed by atoms with Crippen molar-refractivity contribution in [2.75, 3.05) is 26.2 Å². The zero-order valence-corrected chi connectivity index (χ0v) is 11.6. The molecule has 2 nitrogen and oxygen atoms in total. The Bertz CT molecular complexity index is 139. The number of hydrogen-bond donors (Lipinski definition) is 0. The first-order valence-corrected chi connectivity index (χ1v) is 6.64. The van der Waals surface area contributed by atoms with E-state index in [4.69, 9.17) is 0 Å². The molecule has 0 N–H and O–H groups in total. The standard InChI is InChI=1S/C13H30N2/c1-7-13(15(10-4)11-5)12(6)14(8-2)9-3/h12-13H,7-11H2,1-6H3. The maximum absolute atomic E-state index is 2.59. The molecule has 0 aliphatic rings. The van der Waals surface area contributed by atoms with Gasteiger partial charge in [0.1, 0.15) is 0 Å². The van der Waals surface area contributed by atoms with Gasteiger partial charge in [0.2, 0.25) is 0 Å². The highest BCUT2D eigenvalue weighted by Crippen LogP contribution is 2.14. The molecular formula is C13H30N2. The van der Waals surface area contributed by atoms with Gasteiger partial charge in [0.15, 0.2) is 0 Å². The quantitative estimate of drug-likeness (QED) is 0.613. The van der Waals surface area contributed by atoms with Gasteiger partial charge in [0.05, 0.1) is 0 Å². The van der Waals surface area contributed by atoms with Crippen LogP contribution in [0.15, 0.2) is 0 Å². The highest BCUT2D eigenvalue weighted by Gasteiger charge is 2.23. The number of likely N-dealkylation sites (N-methyl/N-ethyl adjacent to an activating group) is 2. The summed E-state index contributed by atoms with van der Waals surface area (Å²) in [6.07, 6.45) is 1.25. The fraction of sp³-hybridized carbons (Fsp3) is 1.00. The van der Waals surface area contributed by atoms with Crippen LogP contribution in [0, 0.1) is 0 Å². The van der Waals surface area contributed by atoms with Crippen molar-refractivity contribution in [2.45, 2.75) is 60.0 Å². The van der Waals surface area contributed by atoms with Crippen molar-refractivity contribution in [1.29, 1.82) is 0 Å². The molecule has 0 aromatic rings. The zero-order valence-electron chi connectivity index (χ0n) is 11.6. The van der Waals surface area contributed by atoms with Crippen molar-refractivity contribution in [2.24, 2.45) is 0 Å². The monoisotopic (exact) mass is 214 g/mol. The van der Waals surface area contributed by atoms with Crippen LogP contribution in [-0.2, 0) is 0 Å². The first-order chi connectivity index (χ1) is 7.15. The zero-order chi connectivity index (χ0) is 11.8. The van der Waals surface area contributed by atoms with Gasteiger partial charge in [-0.3, -0.25) is 9.80 Å². The Morgan fingerprint density at radius 2 is 1.13 bits per heavy atom. The molecule has 0 amide bonds. The molecule has 2 unspecified atom stereocenters. The van der Waals surface area contributed by atoms with Crippen LogP contribution in [-0.4, -0.2) is 48.1 Å². The highest BCUT2D eigenvalue weighted by molar-refractivity contribution is 4.81. The molecule has 0 radical (unpaired) electrons. The Kier molecular flexibility index (Phi) is 8.07. The van der Waals surface area contributed by atoms with Crippen LogP contribution in [0.1, 0.15) is 48.0 Å². The van der Waals surface area contributed by atoms with Crippen LogP contribution in [0.2, 0.25) is 0 Å². The molecule has 92 valence electrons. The van der Waals surface area contributed by atoms with Crippen LogP contribution >= 0.6 is 0 Å². The van der Waals surface area contributed by atoms with E-state index < -0.39 is 0 Å². The van der Waals surface area contributed by atoms with Crippen molar-refractivity contribution in [3.8, 4) is 0 Å². The van der Waals surface area contributed by atoms with Gasteiger partial charge in [-0.25, -0.2) is 0 Å². The molecule has 0 heterocycles. The molecule has 0 aromatic heterocycles. The molecule has 0 aliphatic heterocycles. The Morgan fingerprint density at radius 1 is 0.733 bits per heavy atom. The topological polar surface area (TPSA) is 6.48 Å². The Balaban J connectivity index is 4.48. The van der Waals surface area contributed by atoms with Crippen molar-refractivity contribution in [3.05, 3.63) is 0 Å². The number of hydrogen-bond acceptors (Lipinski definition) is 2. The first-order valence-electron chi connectivity index (χ1n) is 6.64. The molecule has 0 spiro atoms. The predicted molar refractivity (Wildman–Crippen MR) is 69.4 cm³/mol. The lowest BCUT2D eigenvalue weighted by molar-refractivity contribution is 0.0972. The summed E-state index contributed by atoms with van der Waals surface area (Å²) in [6.45, 7) is 18.4. The molecule has 2 heteroatoms. The second-order valence-electron chi connectivity index (χ2n) is 4.16. The van der Waals surface area contributed by atoms with E-state index in [2.05, 4.69) is 51.3 Å². The molecule has 0 aromatic carbocycles. The van der Waals surface area contributed by atoms with Crippen molar-refractivity contribution >= 4 is 0 Å². The lowest BCUT2D eigenvalue weighted by atomic mass is 10.0. The predicted octanol–water partition coefficient (Wildman–Crippen LogP) is 2.84. The average Bonchev–Trinajstić information content (AvgIpc) is 2.27. The number of rotatable bonds is 8. The van der Waals surface area contributed by atoms with Crippen molar-refractivity contribution in [1.82, 2.24) is 9.80 Å². The molecule has 2 atom stereocenters. The third-order valence-electron chi connectivity index (χ3n) is 3.64. The summed E-state index contributed by atoms with van der Waals surface area (Å²) in [5.74, 6) is 0. The van der Waals surface area contributed by atoms with Crippen molar-refractivity contribution in [3.63, 3.8) is 0 Å². The van der Waals surface area contributed by atoms with Crippen LogP contribution in [0.5, 0.6) is 0 Å². The van der Waals surface area contributed by atoms with Crippen LogP contribution in [0.4, 0.5) is 0 Å². The van der Waals surface area contributed by atoms with Gasteiger partial charge in [-0.2, -0.15) is 0 Å². The van der Waals surface area contributed by atoms with Gasteiger partial charge in [-0.1, -0.05) is 34.6 Å². The van der Waals surface area contributed by atoms with Crippen LogP contribution in [0.25, 0.3) is 0 Å². The summed E-state index contributed by atoms with van der Waals surface area (Å²) >= 11 is 0. The Labute approximate surface area is 96.6 Å². The van der Waals surface area contributed by atoms with Gasteiger partial charge < -0.3 is 0 Å². The van der Waals surface area contributed by atoms with E-state index in [-0.39, 0.29) is 0 Å². The fourth-order valence-corrected chi connectivity index (χ4v) is 2.64. The molecule has 0 saturated carbocycles. The normalized spacial score (nSPS) is 16.0. The Hall–Kier alpha value is -0.0800. The lowest BCUT2D eigenvalue weighted by Gasteiger charge is -2.39. The third-order valence-corrected chi connectivity index (χ3v) is 3.64. The first kappa shape index (κ1) is 14.9. The minimum absolute atomic E-state index is 0.671. The van der Waals surface area contributed by atoms with E-state index in [1.54, 1.807) is 0 Å². The summed E-state index contributed by atoms with van der Waals surface area (Å²) in [7, 11) is 0. The minimum Gasteiger partial charge on any atom is -0.300 e. The van der Waals surface area contributed by atoms with E-state index in [9.17, 15) is 0 Å². The van der Waals surface area contributed by atoms with Gasteiger partial charge in [0, 0.05) is 12.1 Å². The van der Waals surface area contributed by atoms with Gasteiger partial charge >= 0.3 is 0 Å². The molecule has 0 aliphatic carbocycles. The van der Waals surface area contributed by atoms with E-state index >= 15 is 0 Å². The highest BCUT2D eigenvalue weighted by atomic mass is 15.2. The second-order valence-corrected chi connectivity index (χ2v) is 4.16. The van der Waals surface area contributed by atoms with Gasteiger partial charge in [-0.15, -0.1) is 0 Å². The summed E-state index contributed by atoms with van der Waals surface area (Å²) in [6, 6.07) is 1.38. The smallest absolute Gasteiger partial charge is 0.0246 e. The molecule has 15 heavy (non-hydrogen) atoms. The molecule has 0 fully saturated rings. The third kappa shape index (κ3) is 4.12. The molecular weight excluding hydrogens is 184 g/mol. The maximum Gasteiger partial charge on any atom is 0.0246 e. The van der Waals surface area contributed by atoms with E-state index in [1.807, 2.05) is 0 Å². The van der Waals surface area contributed by atoms with E-state index in [0.717, 1.165) is 13.1 Å². The second kappa shape index (κ2) is 8.12. The minimum atomic E-state index is 0.671. The lowest BCUT2D eigenvalue weighted by Crippen LogP contribution is -2.50. The van der Waals surface area contributed by atoms with Crippen LogP contribution < -0.4 is 0 Å². The fourth-order valence-electron chi connectivity index (χ4n) is 2.64.